The van der Waals surface area contributed by atoms with Crippen molar-refractivity contribution in [2.24, 2.45) is 5.41 Å². The number of thiazole rings is 1. The van der Waals surface area contributed by atoms with Crippen LogP contribution in [-0.4, -0.2) is 42.1 Å². The summed E-state index contributed by atoms with van der Waals surface area (Å²) in [6, 6.07) is 0. The summed E-state index contributed by atoms with van der Waals surface area (Å²) in [6.45, 7) is 3.41. The van der Waals surface area contributed by atoms with Gasteiger partial charge in [-0.2, -0.15) is 0 Å². The predicted molar refractivity (Wildman–Crippen MR) is 86.1 cm³/mol. The monoisotopic (exact) mass is 320 g/mol. The number of amides is 1. The van der Waals surface area contributed by atoms with Gasteiger partial charge in [-0.05, 0) is 38.5 Å². The van der Waals surface area contributed by atoms with Crippen molar-refractivity contribution in [3.63, 3.8) is 0 Å². The maximum absolute atomic E-state index is 12.2. The van der Waals surface area contributed by atoms with Gasteiger partial charge in [0.15, 0.2) is 0 Å². The Morgan fingerprint density at radius 2 is 2.14 bits per heavy atom. The molecule has 4 nitrogen and oxygen atoms in total. The molecule has 0 N–H and O–H groups in total. The zero-order valence-electron chi connectivity index (χ0n) is 13.1. The van der Waals surface area contributed by atoms with E-state index in [1.807, 2.05) is 11.3 Å². The molecule has 3 aliphatic rings. The standard InChI is InChI=1S/C17H24N2O2S/c20-16-5-7-17(8-10-21-12-17)11-19(16)9-6-15-18-13-3-1-2-4-14(13)22-15/h1-12H2/t17-/m0/s1. The molecule has 1 atom stereocenters. The molecule has 0 bridgehead atoms. The van der Waals surface area contributed by atoms with Crippen molar-refractivity contribution in [3.8, 4) is 0 Å². The average molecular weight is 320 g/mol. The van der Waals surface area contributed by atoms with Crippen LogP contribution in [0.5, 0.6) is 0 Å². The van der Waals surface area contributed by atoms with Crippen LogP contribution in [0.25, 0.3) is 0 Å². The number of hydrogen-bond acceptors (Lipinski definition) is 4. The highest BCUT2D eigenvalue weighted by Crippen LogP contribution is 2.38. The van der Waals surface area contributed by atoms with Crippen molar-refractivity contribution in [1.29, 1.82) is 0 Å². The average Bonchev–Trinajstić information content (AvgIpc) is 3.15. The predicted octanol–water partition coefficient (Wildman–Crippen LogP) is 2.59. The van der Waals surface area contributed by atoms with Crippen LogP contribution >= 0.6 is 11.3 Å². The lowest BCUT2D eigenvalue weighted by atomic mass is 9.79. The Kier molecular flexibility index (Phi) is 3.95. The van der Waals surface area contributed by atoms with E-state index in [-0.39, 0.29) is 5.41 Å². The number of aryl methyl sites for hydroxylation is 2. The van der Waals surface area contributed by atoms with Gasteiger partial charge in [0.25, 0.3) is 0 Å². The third-order valence-corrected chi connectivity index (χ3v) is 6.64. The number of rotatable bonds is 3. The first-order valence-electron chi connectivity index (χ1n) is 8.57. The van der Waals surface area contributed by atoms with Gasteiger partial charge in [-0.25, -0.2) is 4.98 Å². The molecule has 22 heavy (non-hydrogen) atoms. The fourth-order valence-corrected chi connectivity index (χ4v) is 5.17. The van der Waals surface area contributed by atoms with Crippen LogP contribution < -0.4 is 0 Å². The number of ether oxygens (including phenoxy) is 1. The summed E-state index contributed by atoms with van der Waals surface area (Å²) in [5, 5.41) is 1.22. The third-order valence-electron chi connectivity index (χ3n) is 5.42. The summed E-state index contributed by atoms with van der Waals surface area (Å²) in [7, 11) is 0. The lowest BCUT2D eigenvalue weighted by Gasteiger charge is -2.39. The zero-order chi connectivity index (χ0) is 15.0. The van der Waals surface area contributed by atoms with Crippen LogP contribution in [0.3, 0.4) is 0 Å². The first kappa shape index (κ1) is 14.6. The number of piperidine rings is 1. The van der Waals surface area contributed by atoms with Gasteiger partial charge in [-0.3, -0.25) is 4.79 Å². The Bertz CT molecular complexity index is 540. The van der Waals surface area contributed by atoms with Gasteiger partial charge in [0.2, 0.25) is 5.91 Å². The zero-order valence-corrected chi connectivity index (χ0v) is 13.9. The van der Waals surface area contributed by atoms with Gasteiger partial charge in [-0.1, -0.05) is 0 Å². The molecule has 0 aromatic carbocycles. The Labute approximate surface area is 135 Å². The number of fused-ring (bicyclic) bond motifs is 1. The summed E-state index contributed by atoms with van der Waals surface area (Å²) in [5.74, 6) is 0.318. The van der Waals surface area contributed by atoms with E-state index in [0.29, 0.717) is 12.3 Å². The molecular weight excluding hydrogens is 296 g/mol. The molecule has 1 spiro atoms. The molecule has 4 rings (SSSR count). The molecular formula is C17H24N2O2S. The second kappa shape index (κ2) is 5.93. The minimum absolute atomic E-state index is 0.246. The summed E-state index contributed by atoms with van der Waals surface area (Å²) in [4.78, 5) is 20.6. The molecule has 2 fully saturated rings. The van der Waals surface area contributed by atoms with Gasteiger partial charge >= 0.3 is 0 Å². The molecule has 1 aliphatic carbocycles. The van der Waals surface area contributed by atoms with Gasteiger partial charge < -0.3 is 9.64 Å². The van der Waals surface area contributed by atoms with E-state index in [4.69, 9.17) is 9.72 Å². The summed E-state index contributed by atoms with van der Waals surface area (Å²) < 4.78 is 5.59. The van der Waals surface area contributed by atoms with Crippen molar-refractivity contribution < 1.29 is 9.53 Å². The van der Waals surface area contributed by atoms with E-state index in [1.54, 1.807) is 0 Å². The fourth-order valence-electron chi connectivity index (χ4n) is 4.02. The van der Waals surface area contributed by atoms with E-state index in [1.165, 1.54) is 34.8 Å². The first-order chi connectivity index (χ1) is 10.7. The number of hydrogen-bond donors (Lipinski definition) is 0. The minimum Gasteiger partial charge on any atom is -0.381 e. The van der Waals surface area contributed by atoms with Crippen molar-refractivity contribution >= 4 is 17.2 Å². The van der Waals surface area contributed by atoms with E-state index in [2.05, 4.69) is 4.90 Å². The molecule has 1 aromatic heterocycles. The lowest BCUT2D eigenvalue weighted by molar-refractivity contribution is -0.137. The van der Waals surface area contributed by atoms with Crippen LogP contribution in [0.15, 0.2) is 0 Å². The Balaban J connectivity index is 1.39. The Hall–Kier alpha value is -0.940. The van der Waals surface area contributed by atoms with Gasteiger partial charge in [0, 0.05) is 42.8 Å². The van der Waals surface area contributed by atoms with E-state index >= 15 is 0 Å². The normalized spacial score (nSPS) is 28.4. The highest BCUT2D eigenvalue weighted by Gasteiger charge is 2.41. The topological polar surface area (TPSA) is 42.4 Å². The van der Waals surface area contributed by atoms with E-state index in [9.17, 15) is 4.79 Å². The van der Waals surface area contributed by atoms with Crippen molar-refractivity contribution in [2.75, 3.05) is 26.3 Å². The van der Waals surface area contributed by atoms with Crippen molar-refractivity contribution in [3.05, 3.63) is 15.6 Å². The molecule has 2 saturated heterocycles. The molecule has 3 heterocycles. The van der Waals surface area contributed by atoms with Crippen molar-refractivity contribution in [2.45, 2.75) is 51.4 Å². The van der Waals surface area contributed by atoms with Gasteiger partial charge in [0.05, 0.1) is 17.3 Å². The fraction of sp³-hybridized carbons (Fsp3) is 0.765. The van der Waals surface area contributed by atoms with Crippen LogP contribution in [0.1, 0.15) is 47.7 Å². The highest BCUT2D eigenvalue weighted by atomic mass is 32.1. The number of likely N-dealkylation sites (tertiary alicyclic amines) is 1. The number of carbonyl (C=O) groups is 1. The smallest absolute Gasteiger partial charge is 0.222 e. The van der Waals surface area contributed by atoms with Crippen LogP contribution in [0, 0.1) is 5.41 Å². The van der Waals surface area contributed by atoms with Crippen LogP contribution in [0.2, 0.25) is 0 Å². The molecule has 0 saturated carbocycles. The number of carbonyl (C=O) groups excluding carboxylic acids is 1. The first-order valence-corrected chi connectivity index (χ1v) is 9.39. The molecule has 0 unspecified atom stereocenters. The lowest BCUT2D eigenvalue weighted by Crippen LogP contribution is -2.47. The van der Waals surface area contributed by atoms with Gasteiger partial charge in [-0.15, -0.1) is 11.3 Å². The van der Waals surface area contributed by atoms with E-state index < -0.39 is 0 Å². The highest BCUT2D eigenvalue weighted by molar-refractivity contribution is 7.11. The second-order valence-corrected chi connectivity index (χ2v) is 8.22. The molecule has 2 aliphatic heterocycles. The maximum Gasteiger partial charge on any atom is 0.222 e. The van der Waals surface area contributed by atoms with E-state index in [0.717, 1.165) is 52.0 Å². The Morgan fingerprint density at radius 3 is 2.95 bits per heavy atom. The second-order valence-electron chi connectivity index (χ2n) is 7.05. The molecule has 5 heteroatoms. The minimum atomic E-state index is 0.246. The Morgan fingerprint density at radius 1 is 1.23 bits per heavy atom. The van der Waals surface area contributed by atoms with Crippen LogP contribution in [0.4, 0.5) is 0 Å². The van der Waals surface area contributed by atoms with Crippen molar-refractivity contribution in [1.82, 2.24) is 9.88 Å². The molecule has 1 amide bonds. The maximum atomic E-state index is 12.2. The quantitative estimate of drug-likeness (QED) is 0.860. The number of aromatic nitrogens is 1. The van der Waals surface area contributed by atoms with Gasteiger partial charge in [0.1, 0.15) is 0 Å². The summed E-state index contributed by atoms with van der Waals surface area (Å²) >= 11 is 1.88. The molecule has 0 radical (unpaired) electrons. The third kappa shape index (κ3) is 2.81. The molecule has 1 aromatic rings. The van der Waals surface area contributed by atoms with Crippen LogP contribution in [-0.2, 0) is 28.8 Å². The SMILES string of the molecule is O=C1CC[C@]2(CCOC2)CN1CCc1nc2c(s1)CCCC2. The number of nitrogens with zero attached hydrogens (tertiary/aromatic N) is 2. The largest absolute Gasteiger partial charge is 0.381 e. The molecule has 120 valence electrons. The summed E-state index contributed by atoms with van der Waals surface area (Å²) in [5.41, 5.74) is 1.58. The summed E-state index contributed by atoms with van der Waals surface area (Å²) in [6.07, 6.45) is 8.67.